The minimum atomic E-state index is -4.43. The lowest BCUT2D eigenvalue weighted by Gasteiger charge is -2.33. The Labute approximate surface area is 168 Å². The molecule has 29 heavy (non-hydrogen) atoms. The molecule has 5 nitrogen and oxygen atoms in total. The minimum Gasteiger partial charge on any atom is -0.394 e. The normalized spacial score (nSPS) is 16.8. The number of likely N-dealkylation sites (tertiary alicyclic amines) is 1. The number of halogens is 3. The molecule has 1 saturated heterocycles. The Hall–Kier alpha value is -2.35. The number of rotatable bonds is 6. The van der Waals surface area contributed by atoms with Crippen LogP contribution in [0.2, 0.25) is 0 Å². The van der Waals surface area contributed by atoms with Crippen molar-refractivity contribution in [2.75, 3.05) is 19.7 Å². The van der Waals surface area contributed by atoms with Crippen LogP contribution >= 0.6 is 0 Å². The molecule has 0 saturated carbocycles. The summed E-state index contributed by atoms with van der Waals surface area (Å²) in [5.74, 6) is -0.364. The van der Waals surface area contributed by atoms with Crippen molar-refractivity contribution in [2.45, 2.75) is 50.7 Å². The number of carbonyl (C=O) groups is 1. The number of nitrogens with zero attached hydrogens (tertiary/aromatic N) is 3. The summed E-state index contributed by atoms with van der Waals surface area (Å²) in [5, 5.41) is 13.4. The lowest BCUT2D eigenvalue weighted by Crippen LogP contribution is -2.38. The zero-order valence-corrected chi connectivity index (χ0v) is 16.4. The van der Waals surface area contributed by atoms with Crippen LogP contribution in [0.3, 0.4) is 0 Å². The molecular formula is C21H26F3N3O2. The van der Waals surface area contributed by atoms with E-state index in [1.165, 1.54) is 12.1 Å². The Balaban J connectivity index is 1.60. The molecule has 1 atom stereocenters. The average Bonchev–Trinajstić information content (AvgIpc) is 3.16. The molecular weight excluding hydrogens is 383 g/mol. The molecule has 1 aliphatic heterocycles. The second-order valence-corrected chi connectivity index (χ2v) is 7.55. The standard InChI is InChI=1S/C21H26F3N3O2/c1-15(17-4-2-3-5-18(17)21(22,23)24)14-20(29)26-10-7-16(8-11-26)19-6-9-25-27(19)12-13-28/h2-6,9,15-16,28H,7-8,10-14H2,1H3/t15-/m0/s1. The van der Waals surface area contributed by atoms with Crippen LogP contribution in [0.15, 0.2) is 36.5 Å². The number of benzene rings is 1. The van der Waals surface area contributed by atoms with Gasteiger partial charge in [-0.15, -0.1) is 0 Å². The summed E-state index contributed by atoms with van der Waals surface area (Å²) < 4.78 is 41.5. The summed E-state index contributed by atoms with van der Waals surface area (Å²) in [4.78, 5) is 14.4. The monoisotopic (exact) mass is 409 g/mol. The van der Waals surface area contributed by atoms with Gasteiger partial charge < -0.3 is 10.0 Å². The van der Waals surface area contributed by atoms with E-state index in [1.54, 1.807) is 28.8 Å². The van der Waals surface area contributed by atoms with Crippen molar-refractivity contribution in [3.05, 3.63) is 53.3 Å². The predicted octanol–water partition coefficient (Wildman–Crippen LogP) is 3.79. The fraction of sp³-hybridized carbons (Fsp3) is 0.524. The average molecular weight is 409 g/mol. The summed E-state index contributed by atoms with van der Waals surface area (Å²) in [6.45, 7) is 3.27. The van der Waals surface area contributed by atoms with Crippen LogP contribution in [-0.2, 0) is 17.5 Å². The smallest absolute Gasteiger partial charge is 0.394 e. The van der Waals surface area contributed by atoms with Gasteiger partial charge in [0, 0.05) is 37.3 Å². The highest BCUT2D eigenvalue weighted by Gasteiger charge is 2.35. The van der Waals surface area contributed by atoms with E-state index >= 15 is 0 Å². The summed E-state index contributed by atoms with van der Waals surface area (Å²) >= 11 is 0. The van der Waals surface area contributed by atoms with Crippen LogP contribution < -0.4 is 0 Å². The van der Waals surface area contributed by atoms with Crippen LogP contribution in [0.25, 0.3) is 0 Å². The Morgan fingerprint density at radius 1 is 1.24 bits per heavy atom. The number of aliphatic hydroxyl groups is 1. The first kappa shape index (κ1) is 21.4. The molecule has 1 N–H and O–H groups in total. The van der Waals surface area contributed by atoms with Gasteiger partial charge in [0.05, 0.1) is 18.7 Å². The first-order chi connectivity index (χ1) is 13.8. The Morgan fingerprint density at radius 3 is 2.59 bits per heavy atom. The topological polar surface area (TPSA) is 58.4 Å². The fourth-order valence-corrected chi connectivity index (χ4v) is 4.08. The van der Waals surface area contributed by atoms with Gasteiger partial charge in [-0.3, -0.25) is 9.48 Å². The maximum Gasteiger partial charge on any atom is 0.416 e. The Kier molecular flexibility index (Phi) is 6.62. The molecule has 0 radical (unpaired) electrons. The van der Waals surface area contributed by atoms with Crippen LogP contribution in [0.5, 0.6) is 0 Å². The molecule has 0 spiro atoms. The van der Waals surface area contributed by atoms with Crippen LogP contribution in [-0.4, -0.2) is 45.4 Å². The van der Waals surface area contributed by atoms with E-state index in [2.05, 4.69) is 5.10 Å². The number of carbonyl (C=O) groups excluding carboxylic acids is 1. The van der Waals surface area contributed by atoms with Gasteiger partial charge in [-0.1, -0.05) is 25.1 Å². The number of aromatic nitrogens is 2. The van der Waals surface area contributed by atoms with Crippen molar-refractivity contribution in [3.63, 3.8) is 0 Å². The molecule has 8 heteroatoms. The summed E-state index contributed by atoms with van der Waals surface area (Å²) in [5.41, 5.74) is 0.547. The lowest BCUT2D eigenvalue weighted by molar-refractivity contribution is -0.139. The molecule has 1 fully saturated rings. The summed E-state index contributed by atoms with van der Waals surface area (Å²) in [7, 11) is 0. The molecule has 0 unspecified atom stereocenters. The van der Waals surface area contributed by atoms with E-state index < -0.39 is 17.7 Å². The number of alkyl halides is 3. The molecule has 0 aliphatic carbocycles. The van der Waals surface area contributed by atoms with Crippen molar-refractivity contribution in [2.24, 2.45) is 0 Å². The van der Waals surface area contributed by atoms with Crippen molar-refractivity contribution in [3.8, 4) is 0 Å². The van der Waals surface area contributed by atoms with E-state index in [0.717, 1.165) is 24.6 Å². The molecule has 3 rings (SSSR count). The zero-order chi connectivity index (χ0) is 21.0. The van der Waals surface area contributed by atoms with Gasteiger partial charge in [0.15, 0.2) is 0 Å². The highest BCUT2D eigenvalue weighted by Crippen LogP contribution is 2.36. The van der Waals surface area contributed by atoms with Crippen molar-refractivity contribution in [1.29, 1.82) is 0 Å². The zero-order valence-electron chi connectivity index (χ0n) is 16.4. The summed E-state index contributed by atoms with van der Waals surface area (Å²) in [6.07, 6.45) is -1.11. The fourth-order valence-electron chi connectivity index (χ4n) is 4.08. The number of aliphatic hydroxyl groups excluding tert-OH is 1. The molecule has 2 heterocycles. The van der Waals surface area contributed by atoms with Gasteiger partial charge in [-0.25, -0.2) is 0 Å². The van der Waals surface area contributed by atoms with Gasteiger partial charge in [0.2, 0.25) is 5.91 Å². The first-order valence-corrected chi connectivity index (χ1v) is 9.87. The minimum absolute atomic E-state index is 0.0172. The molecule has 2 aromatic rings. The van der Waals surface area contributed by atoms with Gasteiger partial charge in [0.25, 0.3) is 0 Å². The molecule has 1 amide bonds. The second kappa shape index (κ2) is 8.98. The quantitative estimate of drug-likeness (QED) is 0.790. The Morgan fingerprint density at radius 2 is 1.93 bits per heavy atom. The van der Waals surface area contributed by atoms with Crippen molar-refractivity contribution >= 4 is 5.91 Å². The molecule has 0 bridgehead atoms. The second-order valence-electron chi connectivity index (χ2n) is 7.55. The molecule has 1 aliphatic rings. The first-order valence-electron chi connectivity index (χ1n) is 9.87. The maximum absolute atomic E-state index is 13.2. The lowest BCUT2D eigenvalue weighted by atomic mass is 9.90. The van der Waals surface area contributed by atoms with Gasteiger partial charge in [-0.05, 0) is 36.5 Å². The third kappa shape index (κ3) is 4.98. The molecule has 158 valence electrons. The van der Waals surface area contributed by atoms with E-state index in [4.69, 9.17) is 5.11 Å². The highest BCUT2D eigenvalue weighted by atomic mass is 19.4. The van der Waals surface area contributed by atoms with Gasteiger partial charge >= 0.3 is 6.18 Å². The predicted molar refractivity (Wildman–Crippen MR) is 102 cm³/mol. The maximum atomic E-state index is 13.2. The third-order valence-corrected chi connectivity index (χ3v) is 5.61. The van der Waals surface area contributed by atoms with Crippen LogP contribution in [0.1, 0.15) is 54.8 Å². The van der Waals surface area contributed by atoms with Gasteiger partial charge in [0.1, 0.15) is 0 Å². The molecule has 1 aromatic carbocycles. The van der Waals surface area contributed by atoms with Crippen LogP contribution in [0.4, 0.5) is 13.2 Å². The van der Waals surface area contributed by atoms with E-state index in [-0.39, 0.29) is 30.4 Å². The number of hydrogen-bond acceptors (Lipinski definition) is 3. The van der Waals surface area contributed by atoms with Crippen molar-refractivity contribution in [1.82, 2.24) is 14.7 Å². The summed E-state index contributed by atoms with van der Waals surface area (Å²) in [6, 6.07) is 7.40. The number of hydrogen-bond donors (Lipinski definition) is 1. The van der Waals surface area contributed by atoms with Gasteiger partial charge in [-0.2, -0.15) is 18.3 Å². The van der Waals surface area contributed by atoms with Crippen LogP contribution in [0, 0.1) is 0 Å². The van der Waals surface area contributed by atoms with E-state index in [0.29, 0.717) is 19.6 Å². The Bertz CT molecular complexity index is 827. The number of piperidine rings is 1. The van der Waals surface area contributed by atoms with E-state index in [1.807, 2.05) is 6.07 Å². The highest BCUT2D eigenvalue weighted by molar-refractivity contribution is 5.77. The van der Waals surface area contributed by atoms with E-state index in [9.17, 15) is 18.0 Å². The van der Waals surface area contributed by atoms with Crippen molar-refractivity contribution < 1.29 is 23.1 Å². The SMILES string of the molecule is C[C@@H](CC(=O)N1CCC(c2ccnn2CCO)CC1)c1ccccc1C(F)(F)F. The third-order valence-electron chi connectivity index (χ3n) is 5.61. The number of amides is 1. The largest absolute Gasteiger partial charge is 0.416 e. The molecule has 1 aromatic heterocycles.